The maximum atomic E-state index is 5.78. The van der Waals surface area contributed by atoms with Crippen LogP contribution in [0, 0.1) is 0 Å². The lowest BCUT2D eigenvalue weighted by atomic mass is 10.1. The van der Waals surface area contributed by atoms with Crippen LogP contribution >= 0.6 is 11.6 Å². The molecule has 0 amide bonds. The normalized spacial score (nSPS) is 11.9. The van der Waals surface area contributed by atoms with Gasteiger partial charge in [0, 0.05) is 18.2 Å². The van der Waals surface area contributed by atoms with Crippen molar-refractivity contribution in [2.45, 2.75) is 19.4 Å². The van der Waals surface area contributed by atoms with Gasteiger partial charge in [0.05, 0.1) is 0 Å². The quantitative estimate of drug-likeness (QED) is 0.800. The second kappa shape index (κ2) is 4.77. The van der Waals surface area contributed by atoms with Gasteiger partial charge in [0.1, 0.15) is 17.3 Å². The number of aromatic nitrogens is 2. The van der Waals surface area contributed by atoms with Crippen molar-refractivity contribution < 1.29 is 0 Å². The number of hydrogen-bond acceptors (Lipinski definition) is 4. The first-order valence-corrected chi connectivity index (χ1v) is 5.17. The van der Waals surface area contributed by atoms with Crippen LogP contribution in [0.3, 0.4) is 0 Å². The Balaban J connectivity index is 2.68. The largest absolute Gasteiger partial charge is 0.364 e. The van der Waals surface area contributed by atoms with Crippen molar-refractivity contribution in [3.63, 3.8) is 0 Å². The fourth-order valence-corrected chi connectivity index (χ4v) is 1.73. The Labute approximate surface area is 95.7 Å². The van der Waals surface area contributed by atoms with Crippen LogP contribution in [0.15, 0.2) is 12.4 Å². The zero-order valence-corrected chi connectivity index (χ0v) is 10.3. The molecule has 15 heavy (non-hydrogen) atoms. The van der Waals surface area contributed by atoms with Gasteiger partial charge in [-0.25, -0.2) is 9.97 Å². The molecule has 1 N–H and O–H groups in total. The number of nitrogens with zero attached hydrogens (tertiary/aromatic N) is 3. The van der Waals surface area contributed by atoms with Crippen LogP contribution < -0.4 is 5.32 Å². The Kier molecular flexibility index (Phi) is 3.88. The van der Waals surface area contributed by atoms with E-state index < -0.39 is 0 Å². The molecule has 0 saturated carbocycles. The first kappa shape index (κ1) is 12.2. The molecule has 0 radical (unpaired) electrons. The van der Waals surface area contributed by atoms with Gasteiger partial charge in [-0.2, -0.15) is 0 Å². The highest BCUT2D eigenvalue weighted by Gasteiger charge is 2.18. The molecule has 4 nitrogen and oxygen atoms in total. The SMILES string of the molecule is CN(C)CC(C)(C)Nc1cc(Cl)ncn1. The summed E-state index contributed by atoms with van der Waals surface area (Å²) in [6.45, 7) is 5.14. The van der Waals surface area contributed by atoms with Crippen LogP contribution in [0.1, 0.15) is 13.8 Å². The van der Waals surface area contributed by atoms with Gasteiger partial charge in [0.15, 0.2) is 0 Å². The molecule has 0 bridgehead atoms. The minimum atomic E-state index is -0.0544. The Bertz CT molecular complexity index is 325. The van der Waals surface area contributed by atoms with Gasteiger partial charge < -0.3 is 10.2 Å². The highest BCUT2D eigenvalue weighted by Crippen LogP contribution is 2.15. The van der Waals surface area contributed by atoms with Gasteiger partial charge >= 0.3 is 0 Å². The summed E-state index contributed by atoms with van der Waals surface area (Å²) in [7, 11) is 4.08. The molecule has 1 heterocycles. The lowest BCUT2D eigenvalue weighted by Crippen LogP contribution is -2.41. The fraction of sp³-hybridized carbons (Fsp3) is 0.600. The van der Waals surface area contributed by atoms with E-state index in [0.717, 1.165) is 12.4 Å². The summed E-state index contributed by atoms with van der Waals surface area (Å²) >= 11 is 5.78. The zero-order chi connectivity index (χ0) is 11.5. The molecule has 1 aromatic rings. The van der Waals surface area contributed by atoms with E-state index in [0.29, 0.717) is 5.15 Å². The van der Waals surface area contributed by atoms with E-state index in [1.165, 1.54) is 6.33 Å². The molecule has 1 aromatic heterocycles. The van der Waals surface area contributed by atoms with Crippen molar-refractivity contribution in [2.24, 2.45) is 0 Å². The Morgan fingerprint density at radius 3 is 2.60 bits per heavy atom. The summed E-state index contributed by atoms with van der Waals surface area (Å²) in [5.41, 5.74) is -0.0544. The second-order valence-corrected chi connectivity index (χ2v) is 4.86. The lowest BCUT2D eigenvalue weighted by molar-refractivity contribution is 0.333. The van der Waals surface area contributed by atoms with E-state index >= 15 is 0 Å². The maximum absolute atomic E-state index is 5.78. The Morgan fingerprint density at radius 2 is 2.07 bits per heavy atom. The number of likely N-dealkylation sites (N-methyl/N-ethyl adjacent to an activating group) is 1. The molecular weight excluding hydrogens is 212 g/mol. The molecule has 5 heteroatoms. The number of rotatable bonds is 4. The molecule has 0 aliphatic heterocycles. The van der Waals surface area contributed by atoms with E-state index in [1.807, 2.05) is 14.1 Å². The number of anilines is 1. The van der Waals surface area contributed by atoms with Crippen LogP contribution in [0.25, 0.3) is 0 Å². The Hall–Kier alpha value is -0.870. The third kappa shape index (κ3) is 4.44. The average molecular weight is 229 g/mol. The van der Waals surface area contributed by atoms with Crippen LogP contribution in [-0.4, -0.2) is 41.0 Å². The number of nitrogens with one attached hydrogen (secondary N) is 1. The zero-order valence-electron chi connectivity index (χ0n) is 9.58. The molecular formula is C10H17ClN4. The molecule has 84 valence electrons. The predicted octanol–water partition coefficient (Wildman–Crippen LogP) is 1.88. The summed E-state index contributed by atoms with van der Waals surface area (Å²) in [4.78, 5) is 10.1. The summed E-state index contributed by atoms with van der Waals surface area (Å²) in [6.07, 6.45) is 1.45. The van der Waals surface area contributed by atoms with Crippen molar-refractivity contribution >= 4 is 17.4 Å². The van der Waals surface area contributed by atoms with Crippen molar-refractivity contribution in [1.82, 2.24) is 14.9 Å². The molecule has 0 aliphatic carbocycles. The van der Waals surface area contributed by atoms with Gasteiger partial charge in [-0.15, -0.1) is 0 Å². The lowest BCUT2D eigenvalue weighted by Gasteiger charge is -2.29. The maximum Gasteiger partial charge on any atom is 0.134 e. The van der Waals surface area contributed by atoms with Crippen molar-refractivity contribution in [3.8, 4) is 0 Å². The standard InChI is InChI=1S/C10H17ClN4/c1-10(2,6-15(3)4)14-9-5-8(11)12-7-13-9/h5,7H,6H2,1-4H3,(H,12,13,14). The van der Waals surface area contributed by atoms with Gasteiger partial charge in [-0.3, -0.25) is 0 Å². The van der Waals surface area contributed by atoms with E-state index in [9.17, 15) is 0 Å². The highest BCUT2D eigenvalue weighted by molar-refractivity contribution is 6.29. The van der Waals surface area contributed by atoms with Gasteiger partial charge in [-0.05, 0) is 27.9 Å². The first-order valence-electron chi connectivity index (χ1n) is 4.79. The van der Waals surface area contributed by atoms with Crippen LogP contribution in [0.2, 0.25) is 5.15 Å². The number of hydrogen-bond donors (Lipinski definition) is 1. The first-order chi connectivity index (χ1) is 6.89. The van der Waals surface area contributed by atoms with Gasteiger partial charge in [-0.1, -0.05) is 11.6 Å². The van der Waals surface area contributed by atoms with Crippen LogP contribution in [0.5, 0.6) is 0 Å². The molecule has 0 saturated heterocycles. The molecule has 1 rings (SSSR count). The minimum Gasteiger partial charge on any atom is -0.364 e. The Morgan fingerprint density at radius 1 is 1.40 bits per heavy atom. The summed E-state index contributed by atoms with van der Waals surface area (Å²) in [6, 6.07) is 1.72. The second-order valence-electron chi connectivity index (χ2n) is 4.47. The summed E-state index contributed by atoms with van der Waals surface area (Å²) in [5, 5.41) is 3.77. The third-order valence-electron chi connectivity index (χ3n) is 1.81. The molecule has 0 aromatic carbocycles. The van der Waals surface area contributed by atoms with Gasteiger partial charge in [0.2, 0.25) is 0 Å². The van der Waals surface area contributed by atoms with Crippen molar-refractivity contribution in [3.05, 3.63) is 17.5 Å². The van der Waals surface area contributed by atoms with E-state index in [2.05, 4.69) is 34.0 Å². The molecule has 0 fully saturated rings. The molecule has 0 aliphatic rings. The molecule has 0 atom stereocenters. The van der Waals surface area contributed by atoms with Gasteiger partial charge in [0.25, 0.3) is 0 Å². The molecule has 0 unspecified atom stereocenters. The van der Waals surface area contributed by atoms with Crippen molar-refractivity contribution in [2.75, 3.05) is 26.0 Å². The fourth-order valence-electron chi connectivity index (χ4n) is 1.58. The van der Waals surface area contributed by atoms with E-state index in [4.69, 9.17) is 11.6 Å². The topological polar surface area (TPSA) is 41.0 Å². The van der Waals surface area contributed by atoms with Crippen molar-refractivity contribution in [1.29, 1.82) is 0 Å². The summed E-state index contributed by atoms with van der Waals surface area (Å²) < 4.78 is 0. The van der Waals surface area contributed by atoms with Crippen LogP contribution in [-0.2, 0) is 0 Å². The molecule has 0 spiro atoms. The summed E-state index contributed by atoms with van der Waals surface area (Å²) in [5.74, 6) is 0.752. The monoisotopic (exact) mass is 228 g/mol. The predicted molar refractivity (Wildman–Crippen MR) is 63.3 cm³/mol. The number of halogens is 1. The highest BCUT2D eigenvalue weighted by atomic mass is 35.5. The average Bonchev–Trinajstić information content (AvgIpc) is 1.99. The van der Waals surface area contributed by atoms with E-state index in [-0.39, 0.29) is 5.54 Å². The van der Waals surface area contributed by atoms with Crippen LogP contribution in [0.4, 0.5) is 5.82 Å². The van der Waals surface area contributed by atoms with E-state index in [1.54, 1.807) is 6.07 Å². The smallest absolute Gasteiger partial charge is 0.134 e. The minimum absolute atomic E-state index is 0.0544. The third-order valence-corrected chi connectivity index (χ3v) is 2.02.